The van der Waals surface area contributed by atoms with Gasteiger partial charge in [-0.2, -0.15) is 5.26 Å². The molecule has 1 fully saturated rings. The number of amides is 1. The largest absolute Gasteiger partial charge is 0.444 e. The topological polar surface area (TPSA) is 112 Å². The molecule has 37 heavy (non-hydrogen) atoms. The number of hydrogen-bond donors (Lipinski definition) is 3. The van der Waals surface area contributed by atoms with E-state index in [9.17, 15) is 10.1 Å². The number of pyridine rings is 2. The number of carbonyl (C=O) groups is 1. The van der Waals surface area contributed by atoms with Gasteiger partial charge in [0.25, 0.3) is 0 Å². The Kier molecular flexibility index (Phi) is 7.92. The van der Waals surface area contributed by atoms with Crippen molar-refractivity contribution in [2.24, 2.45) is 0 Å². The summed E-state index contributed by atoms with van der Waals surface area (Å²) in [7, 11) is 0. The van der Waals surface area contributed by atoms with Crippen LogP contribution in [0.15, 0.2) is 54.7 Å². The molecule has 2 heterocycles. The molecule has 1 aromatic carbocycles. The van der Waals surface area contributed by atoms with Crippen molar-refractivity contribution in [3.8, 4) is 17.2 Å². The van der Waals surface area contributed by atoms with Crippen molar-refractivity contribution in [3.63, 3.8) is 0 Å². The lowest BCUT2D eigenvalue weighted by molar-refractivity contribution is 0.0488. The predicted molar refractivity (Wildman–Crippen MR) is 146 cm³/mol. The highest BCUT2D eigenvalue weighted by Gasteiger charge is 2.28. The smallest absolute Gasteiger partial charge is 0.407 e. The van der Waals surface area contributed by atoms with Gasteiger partial charge in [0.1, 0.15) is 17.5 Å². The van der Waals surface area contributed by atoms with Gasteiger partial charge in [-0.25, -0.2) is 14.8 Å². The third-order valence-electron chi connectivity index (χ3n) is 6.14. The standard InChI is InChI=1S/C29H34N6O2/c1-19-14-21(20-10-6-5-7-11-20)15-27(32-19)34-25-16-22(18-31-26(25)17-30)33-23-12-8-9-13-24(23)35-28(36)37-29(2,3)4/h5-7,10-11,14-16,18,23-24,33H,8-9,12-13H2,1-4H3,(H,32,34)(H,35,36)/t23-,24+/m1/s1. The second-order valence-electron chi connectivity index (χ2n) is 10.4. The van der Waals surface area contributed by atoms with Crippen molar-refractivity contribution in [1.82, 2.24) is 15.3 Å². The molecule has 0 unspecified atom stereocenters. The maximum absolute atomic E-state index is 12.4. The summed E-state index contributed by atoms with van der Waals surface area (Å²) in [6.07, 6.45) is 5.12. The average molecular weight is 499 g/mol. The summed E-state index contributed by atoms with van der Waals surface area (Å²) in [6, 6.07) is 18.1. The summed E-state index contributed by atoms with van der Waals surface area (Å²) in [5, 5.41) is 19.5. The van der Waals surface area contributed by atoms with Crippen LogP contribution in [0.1, 0.15) is 57.8 Å². The Morgan fingerprint density at radius 2 is 1.78 bits per heavy atom. The number of aryl methyl sites for hydroxylation is 1. The first-order chi connectivity index (χ1) is 17.7. The minimum absolute atomic E-state index is 0.0191. The summed E-state index contributed by atoms with van der Waals surface area (Å²) >= 11 is 0. The van der Waals surface area contributed by atoms with Gasteiger partial charge < -0.3 is 20.7 Å². The number of aromatic nitrogens is 2. The van der Waals surface area contributed by atoms with E-state index in [1.807, 2.05) is 64.1 Å². The minimum Gasteiger partial charge on any atom is -0.444 e. The first-order valence-electron chi connectivity index (χ1n) is 12.7. The SMILES string of the molecule is Cc1cc(-c2ccccc2)cc(Nc2cc(N[C@@H]3CCCC[C@@H]3NC(=O)OC(C)(C)C)cnc2C#N)n1. The molecule has 8 heteroatoms. The van der Waals surface area contributed by atoms with E-state index >= 15 is 0 Å². The van der Waals surface area contributed by atoms with Gasteiger partial charge in [-0.3, -0.25) is 0 Å². The van der Waals surface area contributed by atoms with Gasteiger partial charge in [-0.05, 0) is 69.9 Å². The molecular weight excluding hydrogens is 464 g/mol. The zero-order valence-corrected chi connectivity index (χ0v) is 21.8. The summed E-state index contributed by atoms with van der Waals surface area (Å²) in [6.45, 7) is 7.50. The van der Waals surface area contributed by atoms with Crippen LogP contribution < -0.4 is 16.0 Å². The number of rotatable bonds is 6. The fraction of sp³-hybridized carbons (Fsp3) is 0.379. The highest BCUT2D eigenvalue weighted by molar-refractivity contribution is 5.72. The van der Waals surface area contributed by atoms with E-state index < -0.39 is 11.7 Å². The Morgan fingerprint density at radius 3 is 2.49 bits per heavy atom. The zero-order chi connectivity index (χ0) is 26.4. The number of nitrogens with one attached hydrogen (secondary N) is 3. The molecule has 2 aromatic heterocycles. The van der Waals surface area contributed by atoms with E-state index in [2.05, 4.69) is 44.1 Å². The molecular formula is C29H34N6O2. The predicted octanol–water partition coefficient (Wildman–Crippen LogP) is 6.32. The van der Waals surface area contributed by atoms with E-state index in [0.717, 1.165) is 48.2 Å². The van der Waals surface area contributed by atoms with Crippen LogP contribution in [-0.2, 0) is 4.74 Å². The molecule has 1 aliphatic rings. The van der Waals surface area contributed by atoms with E-state index in [-0.39, 0.29) is 17.8 Å². The van der Waals surface area contributed by atoms with Gasteiger partial charge in [0.05, 0.1) is 23.6 Å². The summed E-state index contributed by atoms with van der Waals surface area (Å²) in [5.41, 5.74) is 4.05. The van der Waals surface area contributed by atoms with Gasteiger partial charge in [0, 0.05) is 11.7 Å². The van der Waals surface area contributed by atoms with Crippen molar-refractivity contribution in [2.75, 3.05) is 10.6 Å². The fourth-order valence-corrected chi connectivity index (χ4v) is 4.55. The molecule has 192 valence electrons. The van der Waals surface area contributed by atoms with Crippen LogP contribution in [0.5, 0.6) is 0 Å². The van der Waals surface area contributed by atoms with Gasteiger partial charge in [-0.15, -0.1) is 0 Å². The third-order valence-corrected chi connectivity index (χ3v) is 6.14. The van der Waals surface area contributed by atoms with Crippen LogP contribution in [0.2, 0.25) is 0 Å². The monoisotopic (exact) mass is 498 g/mol. The van der Waals surface area contributed by atoms with E-state index in [0.29, 0.717) is 11.5 Å². The molecule has 0 radical (unpaired) electrons. The average Bonchev–Trinajstić information content (AvgIpc) is 2.84. The van der Waals surface area contributed by atoms with Crippen LogP contribution in [-0.4, -0.2) is 33.7 Å². The van der Waals surface area contributed by atoms with Crippen LogP contribution in [0, 0.1) is 18.3 Å². The number of hydrogen-bond acceptors (Lipinski definition) is 7. The lowest BCUT2D eigenvalue weighted by atomic mass is 9.90. The minimum atomic E-state index is -0.552. The maximum Gasteiger partial charge on any atom is 0.407 e. The third kappa shape index (κ3) is 7.20. The summed E-state index contributed by atoms with van der Waals surface area (Å²) < 4.78 is 5.46. The Hall–Kier alpha value is -4.12. The van der Waals surface area contributed by atoms with E-state index in [1.54, 1.807) is 6.20 Å². The Labute approximate surface area is 218 Å². The highest BCUT2D eigenvalue weighted by atomic mass is 16.6. The van der Waals surface area contributed by atoms with Crippen molar-refractivity contribution in [3.05, 3.63) is 66.1 Å². The van der Waals surface area contributed by atoms with Crippen LogP contribution >= 0.6 is 0 Å². The molecule has 0 spiro atoms. The number of benzene rings is 1. The van der Waals surface area contributed by atoms with Crippen molar-refractivity contribution in [2.45, 2.75) is 71.1 Å². The molecule has 1 saturated carbocycles. The molecule has 4 rings (SSSR count). The van der Waals surface area contributed by atoms with Crippen molar-refractivity contribution >= 4 is 23.3 Å². The van der Waals surface area contributed by atoms with Crippen LogP contribution in [0.25, 0.3) is 11.1 Å². The number of anilines is 3. The molecule has 3 aromatic rings. The second-order valence-corrected chi connectivity index (χ2v) is 10.4. The van der Waals surface area contributed by atoms with Crippen molar-refractivity contribution < 1.29 is 9.53 Å². The first kappa shape index (κ1) is 26.0. The van der Waals surface area contributed by atoms with Crippen LogP contribution in [0.3, 0.4) is 0 Å². The fourth-order valence-electron chi connectivity index (χ4n) is 4.55. The van der Waals surface area contributed by atoms with Crippen LogP contribution in [0.4, 0.5) is 22.0 Å². The second kappa shape index (κ2) is 11.3. The number of nitrogens with zero attached hydrogens (tertiary/aromatic N) is 3. The molecule has 1 amide bonds. The normalized spacial score (nSPS) is 17.4. The maximum atomic E-state index is 12.4. The number of ether oxygens (including phenoxy) is 1. The summed E-state index contributed by atoms with van der Waals surface area (Å²) in [5.74, 6) is 0.636. The van der Waals surface area contributed by atoms with Gasteiger partial charge >= 0.3 is 6.09 Å². The molecule has 3 N–H and O–H groups in total. The first-order valence-corrected chi connectivity index (χ1v) is 12.7. The highest BCUT2D eigenvalue weighted by Crippen LogP contribution is 2.28. The Morgan fingerprint density at radius 1 is 1.05 bits per heavy atom. The molecule has 2 atom stereocenters. The Balaban J connectivity index is 1.53. The van der Waals surface area contributed by atoms with Crippen molar-refractivity contribution in [1.29, 1.82) is 5.26 Å². The quantitative estimate of drug-likeness (QED) is 0.365. The molecule has 1 aliphatic carbocycles. The number of alkyl carbamates (subject to hydrolysis) is 1. The Bertz CT molecular complexity index is 1280. The van der Waals surface area contributed by atoms with E-state index in [4.69, 9.17) is 4.74 Å². The van der Waals surface area contributed by atoms with Gasteiger partial charge in [-0.1, -0.05) is 43.2 Å². The van der Waals surface area contributed by atoms with E-state index in [1.165, 1.54) is 0 Å². The number of carbonyl (C=O) groups excluding carboxylic acids is 1. The van der Waals surface area contributed by atoms with Gasteiger partial charge in [0.15, 0.2) is 5.69 Å². The number of nitriles is 1. The van der Waals surface area contributed by atoms with Gasteiger partial charge in [0.2, 0.25) is 0 Å². The molecule has 0 aliphatic heterocycles. The summed E-state index contributed by atoms with van der Waals surface area (Å²) in [4.78, 5) is 21.4. The zero-order valence-electron chi connectivity index (χ0n) is 21.8. The lowest BCUT2D eigenvalue weighted by Crippen LogP contribution is -2.49. The molecule has 0 bridgehead atoms. The molecule has 8 nitrogen and oxygen atoms in total. The molecule has 0 saturated heterocycles. The lowest BCUT2D eigenvalue weighted by Gasteiger charge is -2.34.